The second-order valence-electron chi connectivity index (χ2n) is 9.82. The summed E-state index contributed by atoms with van der Waals surface area (Å²) in [6, 6.07) is 17.7. The molecule has 0 atom stereocenters. The Morgan fingerprint density at radius 1 is 0.618 bits per heavy atom. The maximum Gasteiger partial charge on any atom is 0.119 e. The first-order valence-electron chi connectivity index (χ1n) is 14.3. The lowest BCUT2D eigenvalue weighted by Crippen LogP contribution is -1.98. The van der Waals surface area contributed by atoms with Gasteiger partial charge in [0.05, 0.1) is 6.61 Å². The fraction of sp³-hybridized carbons (Fsp3) is 0.576. The van der Waals surface area contributed by atoms with E-state index in [1.807, 2.05) is 0 Å². The molecule has 0 saturated heterocycles. The van der Waals surface area contributed by atoms with Gasteiger partial charge in [-0.15, -0.1) is 0 Å². The number of benzene rings is 2. The Hall–Kier alpha value is -2.02. The Morgan fingerprint density at radius 2 is 1.24 bits per heavy atom. The van der Waals surface area contributed by atoms with Gasteiger partial charge in [-0.3, -0.25) is 0 Å². The highest BCUT2D eigenvalue weighted by atomic mass is 16.5. The van der Waals surface area contributed by atoms with Crippen LogP contribution in [0.1, 0.15) is 120 Å². The minimum atomic E-state index is 0.841. The van der Waals surface area contributed by atoms with Crippen molar-refractivity contribution >= 4 is 6.08 Å². The topological polar surface area (TPSA) is 9.23 Å². The molecule has 0 amide bonds. The van der Waals surface area contributed by atoms with Gasteiger partial charge in [0, 0.05) is 0 Å². The van der Waals surface area contributed by atoms with Crippen LogP contribution < -0.4 is 4.74 Å². The first kappa shape index (κ1) is 28.2. The summed E-state index contributed by atoms with van der Waals surface area (Å²) in [6.45, 7) is 5.39. The molecule has 0 aliphatic carbocycles. The van der Waals surface area contributed by atoms with Gasteiger partial charge >= 0.3 is 0 Å². The smallest absolute Gasteiger partial charge is 0.119 e. The first-order chi connectivity index (χ1) is 16.8. The van der Waals surface area contributed by atoms with Crippen LogP contribution in [0.5, 0.6) is 5.75 Å². The third-order valence-corrected chi connectivity index (χ3v) is 6.63. The van der Waals surface area contributed by atoms with Crippen LogP contribution in [-0.4, -0.2) is 6.61 Å². The highest BCUT2D eigenvalue weighted by Crippen LogP contribution is 2.17. The molecule has 0 unspecified atom stereocenters. The summed E-state index contributed by atoms with van der Waals surface area (Å²) in [5.41, 5.74) is 4.13. The van der Waals surface area contributed by atoms with Crippen LogP contribution in [-0.2, 0) is 12.8 Å². The van der Waals surface area contributed by atoms with Crippen LogP contribution >= 0.6 is 0 Å². The average Bonchev–Trinajstić information content (AvgIpc) is 2.87. The molecule has 0 aliphatic rings. The van der Waals surface area contributed by atoms with Gasteiger partial charge in [-0.1, -0.05) is 133 Å². The maximum atomic E-state index is 5.95. The first-order valence-corrected chi connectivity index (χ1v) is 14.3. The van der Waals surface area contributed by atoms with Gasteiger partial charge in [0.15, 0.2) is 0 Å². The van der Waals surface area contributed by atoms with E-state index in [0.717, 1.165) is 25.2 Å². The van der Waals surface area contributed by atoms with Crippen LogP contribution in [0.3, 0.4) is 0 Å². The van der Waals surface area contributed by atoms with Crippen molar-refractivity contribution in [1.82, 2.24) is 0 Å². The van der Waals surface area contributed by atoms with E-state index in [2.05, 4.69) is 74.5 Å². The molecule has 2 rings (SSSR count). The summed E-state index contributed by atoms with van der Waals surface area (Å²) in [5, 5.41) is 0. The van der Waals surface area contributed by atoms with Gasteiger partial charge in [-0.25, -0.2) is 0 Å². The molecule has 1 heteroatoms. The lowest BCUT2D eigenvalue weighted by atomic mass is 10.0. The standard InChI is InChI=1S/C33H50O/c1-3-5-7-9-11-13-15-17-28-34-33-26-24-30(25-27-33)22-23-32-21-18-20-31(29-32)19-16-14-12-10-8-6-4-2/h16,18-21,24-27,29H,3-15,17,22-23,28H2,1-2H3/b19-16+. The average molecular weight is 463 g/mol. The molecule has 34 heavy (non-hydrogen) atoms. The van der Waals surface area contributed by atoms with Crippen LogP contribution in [0.25, 0.3) is 6.08 Å². The zero-order chi connectivity index (χ0) is 24.1. The third kappa shape index (κ3) is 13.6. The lowest BCUT2D eigenvalue weighted by Gasteiger charge is -2.08. The molecule has 0 N–H and O–H groups in total. The molecule has 0 heterocycles. The number of unbranched alkanes of at least 4 members (excludes halogenated alkanes) is 12. The number of ether oxygens (including phenoxy) is 1. The number of allylic oxidation sites excluding steroid dienone is 1. The predicted octanol–water partition coefficient (Wildman–Crippen LogP) is 10.4. The number of hydrogen-bond donors (Lipinski definition) is 0. The van der Waals surface area contributed by atoms with E-state index in [0.29, 0.717) is 0 Å². The summed E-state index contributed by atoms with van der Waals surface area (Å²) in [6.07, 6.45) is 25.5. The van der Waals surface area contributed by atoms with Gasteiger partial charge in [-0.2, -0.15) is 0 Å². The van der Waals surface area contributed by atoms with Crippen molar-refractivity contribution in [2.24, 2.45) is 0 Å². The predicted molar refractivity (Wildman–Crippen MR) is 151 cm³/mol. The van der Waals surface area contributed by atoms with Gasteiger partial charge in [0.25, 0.3) is 0 Å². The molecule has 0 aromatic heterocycles. The summed E-state index contributed by atoms with van der Waals surface area (Å²) in [4.78, 5) is 0. The summed E-state index contributed by atoms with van der Waals surface area (Å²) >= 11 is 0. The van der Waals surface area contributed by atoms with Crippen molar-refractivity contribution < 1.29 is 4.74 Å². The Labute approximate surface area is 211 Å². The van der Waals surface area contributed by atoms with Crippen molar-refractivity contribution in [2.45, 2.75) is 117 Å². The van der Waals surface area contributed by atoms with E-state index in [1.54, 1.807) is 0 Å². The van der Waals surface area contributed by atoms with E-state index >= 15 is 0 Å². The fourth-order valence-corrected chi connectivity index (χ4v) is 4.40. The Kier molecular flexibility index (Phi) is 16.0. The van der Waals surface area contributed by atoms with E-state index < -0.39 is 0 Å². The zero-order valence-corrected chi connectivity index (χ0v) is 22.2. The fourth-order valence-electron chi connectivity index (χ4n) is 4.40. The number of rotatable bonds is 20. The van der Waals surface area contributed by atoms with E-state index in [1.165, 1.54) is 107 Å². The molecule has 0 radical (unpaired) electrons. The minimum absolute atomic E-state index is 0.841. The molecule has 2 aromatic carbocycles. The van der Waals surface area contributed by atoms with E-state index in [9.17, 15) is 0 Å². The summed E-state index contributed by atoms with van der Waals surface area (Å²) < 4.78 is 5.95. The van der Waals surface area contributed by atoms with Crippen molar-refractivity contribution in [3.05, 3.63) is 71.3 Å². The minimum Gasteiger partial charge on any atom is -0.494 e. The van der Waals surface area contributed by atoms with Crippen molar-refractivity contribution in [3.8, 4) is 5.75 Å². The van der Waals surface area contributed by atoms with E-state index in [4.69, 9.17) is 4.74 Å². The molecule has 0 aliphatic heterocycles. The maximum absolute atomic E-state index is 5.95. The SMILES string of the molecule is CCCCCCC/C=C/c1cccc(CCc2ccc(OCCCCCCCCCC)cc2)c1. The van der Waals surface area contributed by atoms with Gasteiger partial charge in [-0.05, 0) is 60.9 Å². The molecule has 0 spiro atoms. The number of hydrogen-bond acceptors (Lipinski definition) is 1. The van der Waals surface area contributed by atoms with Crippen molar-refractivity contribution in [2.75, 3.05) is 6.61 Å². The molecule has 2 aromatic rings. The second kappa shape index (κ2) is 19.3. The Bertz CT molecular complexity index is 758. The quantitative estimate of drug-likeness (QED) is 0.178. The van der Waals surface area contributed by atoms with Gasteiger partial charge in [0.2, 0.25) is 0 Å². The van der Waals surface area contributed by atoms with Crippen molar-refractivity contribution in [3.63, 3.8) is 0 Å². The molecule has 0 saturated carbocycles. The summed E-state index contributed by atoms with van der Waals surface area (Å²) in [5.74, 6) is 1.01. The molecule has 188 valence electrons. The molecule has 0 fully saturated rings. The molecular weight excluding hydrogens is 412 g/mol. The van der Waals surface area contributed by atoms with Crippen LogP contribution in [0.15, 0.2) is 54.6 Å². The van der Waals surface area contributed by atoms with Gasteiger partial charge in [0.1, 0.15) is 5.75 Å². The lowest BCUT2D eigenvalue weighted by molar-refractivity contribution is 0.304. The van der Waals surface area contributed by atoms with E-state index in [-0.39, 0.29) is 0 Å². The monoisotopic (exact) mass is 462 g/mol. The van der Waals surface area contributed by atoms with Crippen LogP contribution in [0.4, 0.5) is 0 Å². The largest absolute Gasteiger partial charge is 0.494 e. The third-order valence-electron chi connectivity index (χ3n) is 6.63. The number of aryl methyl sites for hydroxylation is 2. The molecular formula is C33H50O. The van der Waals surface area contributed by atoms with Crippen molar-refractivity contribution in [1.29, 1.82) is 0 Å². The normalized spacial score (nSPS) is 11.4. The molecule has 0 bridgehead atoms. The Balaban J connectivity index is 1.61. The zero-order valence-electron chi connectivity index (χ0n) is 22.2. The highest BCUT2D eigenvalue weighted by Gasteiger charge is 2.00. The van der Waals surface area contributed by atoms with Crippen LogP contribution in [0, 0.1) is 0 Å². The summed E-state index contributed by atoms with van der Waals surface area (Å²) in [7, 11) is 0. The Morgan fingerprint density at radius 3 is 1.94 bits per heavy atom. The second-order valence-corrected chi connectivity index (χ2v) is 9.82. The van der Waals surface area contributed by atoms with Crippen LogP contribution in [0.2, 0.25) is 0 Å². The molecule has 1 nitrogen and oxygen atoms in total. The van der Waals surface area contributed by atoms with Gasteiger partial charge < -0.3 is 4.74 Å². The highest BCUT2D eigenvalue weighted by molar-refractivity contribution is 5.50.